The van der Waals surface area contributed by atoms with E-state index in [0.29, 0.717) is 6.04 Å². The first-order valence-corrected chi connectivity index (χ1v) is 7.06. The van der Waals surface area contributed by atoms with Crippen LogP contribution < -0.4 is 4.74 Å². The zero-order valence-corrected chi connectivity index (χ0v) is 12.2. The zero-order valence-electron chi connectivity index (χ0n) is 12.2. The Labute approximate surface area is 121 Å². The van der Waals surface area contributed by atoms with Crippen molar-refractivity contribution in [3.63, 3.8) is 0 Å². The van der Waals surface area contributed by atoms with Gasteiger partial charge < -0.3 is 4.74 Å². The summed E-state index contributed by atoms with van der Waals surface area (Å²) in [6, 6.07) is 16.3. The minimum atomic E-state index is 0.327. The first-order valence-electron chi connectivity index (χ1n) is 7.06. The standard InChI is InChI=1S/C17H22N2O/c1-15(17-11-6-7-12-18-17)19(2)13-8-14-20-16-9-4-3-5-10-16/h3-7,9-12,15H,8,13-14H2,1-2H3. The van der Waals surface area contributed by atoms with E-state index in [0.717, 1.165) is 31.0 Å². The second-order valence-electron chi connectivity index (χ2n) is 4.93. The lowest BCUT2D eigenvalue weighted by atomic mass is 10.2. The van der Waals surface area contributed by atoms with Gasteiger partial charge in [-0.2, -0.15) is 0 Å². The van der Waals surface area contributed by atoms with Crippen LogP contribution in [0.15, 0.2) is 54.7 Å². The summed E-state index contributed by atoms with van der Waals surface area (Å²) in [5, 5.41) is 0. The summed E-state index contributed by atoms with van der Waals surface area (Å²) in [6.07, 6.45) is 2.85. The molecule has 20 heavy (non-hydrogen) atoms. The Bertz CT molecular complexity index is 487. The lowest BCUT2D eigenvalue weighted by Crippen LogP contribution is -2.25. The van der Waals surface area contributed by atoms with Crippen LogP contribution in [0.3, 0.4) is 0 Å². The molecule has 1 atom stereocenters. The third-order valence-corrected chi connectivity index (χ3v) is 3.44. The molecule has 0 saturated carbocycles. The van der Waals surface area contributed by atoms with Gasteiger partial charge in [-0.25, -0.2) is 0 Å². The van der Waals surface area contributed by atoms with Crippen molar-refractivity contribution in [2.75, 3.05) is 20.2 Å². The second kappa shape index (κ2) is 7.65. The van der Waals surface area contributed by atoms with Crippen molar-refractivity contribution in [2.24, 2.45) is 0 Å². The third-order valence-electron chi connectivity index (χ3n) is 3.44. The molecular formula is C17H22N2O. The topological polar surface area (TPSA) is 25.4 Å². The van der Waals surface area contributed by atoms with E-state index in [1.54, 1.807) is 0 Å². The van der Waals surface area contributed by atoms with E-state index in [1.807, 2.05) is 48.7 Å². The van der Waals surface area contributed by atoms with Crippen LogP contribution in [0.1, 0.15) is 25.1 Å². The van der Waals surface area contributed by atoms with Gasteiger partial charge in [-0.05, 0) is 44.7 Å². The first-order chi connectivity index (χ1) is 9.77. The van der Waals surface area contributed by atoms with Gasteiger partial charge in [-0.3, -0.25) is 9.88 Å². The Balaban J connectivity index is 1.71. The molecule has 0 spiro atoms. The molecule has 1 heterocycles. The van der Waals surface area contributed by atoms with Crippen LogP contribution in [0, 0.1) is 0 Å². The molecule has 0 saturated heterocycles. The maximum absolute atomic E-state index is 5.70. The molecule has 3 heteroatoms. The van der Waals surface area contributed by atoms with Gasteiger partial charge in [0, 0.05) is 18.8 Å². The summed E-state index contributed by atoms with van der Waals surface area (Å²) >= 11 is 0. The summed E-state index contributed by atoms with van der Waals surface area (Å²) in [4.78, 5) is 6.70. The molecule has 1 aromatic carbocycles. The number of hydrogen-bond donors (Lipinski definition) is 0. The minimum absolute atomic E-state index is 0.327. The lowest BCUT2D eigenvalue weighted by Gasteiger charge is -2.24. The summed E-state index contributed by atoms with van der Waals surface area (Å²) in [5.41, 5.74) is 1.11. The Morgan fingerprint density at radius 3 is 2.55 bits per heavy atom. The maximum Gasteiger partial charge on any atom is 0.119 e. The summed E-state index contributed by atoms with van der Waals surface area (Å²) in [5.74, 6) is 0.938. The number of hydrogen-bond acceptors (Lipinski definition) is 3. The van der Waals surface area contributed by atoms with Gasteiger partial charge in [0.05, 0.1) is 12.3 Å². The van der Waals surface area contributed by atoms with Crippen molar-refractivity contribution < 1.29 is 4.74 Å². The second-order valence-corrected chi connectivity index (χ2v) is 4.93. The number of nitrogens with zero attached hydrogens (tertiary/aromatic N) is 2. The lowest BCUT2D eigenvalue weighted by molar-refractivity contribution is 0.223. The molecule has 1 aromatic heterocycles. The van der Waals surface area contributed by atoms with Crippen molar-refractivity contribution in [2.45, 2.75) is 19.4 Å². The van der Waals surface area contributed by atoms with E-state index in [-0.39, 0.29) is 0 Å². The van der Waals surface area contributed by atoms with Crippen molar-refractivity contribution in [3.05, 3.63) is 60.4 Å². The number of rotatable bonds is 7. The highest BCUT2D eigenvalue weighted by Gasteiger charge is 2.11. The quantitative estimate of drug-likeness (QED) is 0.720. The average Bonchev–Trinajstić information content (AvgIpc) is 2.52. The van der Waals surface area contributed by atoms with Gasteiger partial charge in [0.15, 0.2) is 0 Å². The fraction of sp³-hybridized carbons (Fsp3) is 0.353. The van der Waals surface area contributed by atoms with Gasteiger partial charge in [-0.15, -0.1) is 0 Å². The van der Waals surface area contributed by atoms with Crippen LogP contribution in [0.2, 0.25) is 0 Å². The van der Waals surface area contributed by atoms with E-state index < -0.39 is 0 Å². The monoisotopic (exact) mass is 270 g/mol. The molecule has 0 bridgehead atoms. The number of para-hydroxylation sites is 1. The predicted octanol–water partition coefficient (Wildman–Crippen LogP) is 3.54. The highest BCUT2D eigenvalue weighted by molar-refractivity contribution is 5.20. The van der Waals surface area contributed by atoms with Crippen molar-refractivity contribution in [3.8, 4) is 5.75 Å². The molecule has 0 aliphatic rings. The Hall–Kier alpha value is -1.87. The average molecular weight is 270 g/mol. The van der Waals surface area contributed by atoms with Crippen LogP contribution in [-0.4, -0.2) is 30.1 Å². The predicted molar refractivity (Wildman–Crippen MR) is 81.8 cm³/mol. The van der Waals surface area contributed by atoms with Gasteiger partial charge in [0.1, 0.15) is 5.75 Å². The summed E-state index contributed by atoms with van der Waals surface area (Å²) in [7, 11) is 2.13. The minimum Gasteiger partial charge on any atom is -0.494 e. The Morgan fingerprint density at radius 1 is 1.10 bits per heavy atom. The Kier molecular flexibility index (Phi) is 5.56. The van der Waals surface area contributed by atoms with Crippen LogP contribution in [-0.2, 0) is 0 Å². The molecule has 0 aliphatic heterocycles. The molecule has 2 aromatic rings. The number of pyridine rings is 1. The summed E-state index contributed by atoms with van der Waals surface area (Å²) < 4.78 is 5.70. The molecule has 1 unspecified atom stereocenters. The zero-order chi connectivity index (χ0) is 14.2. The van der Waals surface area contributed by atoms with Crippen molar-refractivity contribution in [1.82, 2.24) is 9.88 Å². The fourth-order valence-corrected chi connectivity index (χ4v) is 2.06. The molecule has 0 amide bonds. The smallest absolute Gasteiger partial charge is 0.119 e. The van der Waals surface area contributed by atoms with Crippen LogP contribution in [0.4, 0.5) is 0 Å². The van der Waals surface area contributed by atoms with E-state index in [2.05, 4.69) is 29.9 Å². The molecule has 0 fully saturated rings. The van der Waals surface area contributed by atoms with E-state index in [9.17, 15) is 0 Å². The van der Waals surface area contributed by atoms with E-state index in [4.69, 9.17) is 4.74 Å². The van der Waals surface area contributed by atoms with Gasteiger partial charge in [0.25, 0.3) is 0 Å². The molecule has 106 valence electrons. The molecule has 0 aliphatic carbocycles. The van der Waals surface area contributed by atoms with Crippen LogP contribution in [0.5, 0.6) is 5.75 Å². The number of ether oxygens (including phenoxy) is 1. The first kappa shape index (κ1) is 14.5. The molecule has 2 rings (SSSR count). The normalized spacial score (nSPS) is 12.3. The molecular weight excluding hydrogens is 248 g/mol. The van der Waals surface area contributed by atoms with Crippen LogP contribution in [0.25, 0.3) is 0 Å². The SMILES string of the molecule is CC(c1ccccn1)N(C)CCCOc1ccccc1. The van der Waals surface area contributed by atoms with Gasteiger partial charge >= 0.3 is 0 Å². The van der Waals surface area contributed by atoms with Crippen LogP contribution >= 0.6 is 0 Å². The molecule has 3 nitrogen and oxygen atoms in total. The largest absolute Gasteiger partial charge is 0.494 e. The Morgan fingerprint density at radius 2 is 1.85 bits per heavy atom. The van der Waals surface area contributed by atoms with Gasteiger partial charge in [-0.1, -0.05) is 24.3 Å². The van der Waals surface area contributed by atoms with Crippen molar-refractivity contribution in [1.29, 1.82) is 0 Å². The van der Waals surface area contributed by atoms with Gasteiger partial charge in [0.2, 0.25) is 0 Å². The third kappa shape index (κ3) is 4.35. The number of benzene rings is 1. The highest BCUT2D eigenvalue weighted by Crippen LogP contribution is 2.16. The fourth-order valence-electron chi connectivity index (χ4n) is 2.06. The number of aromatic nitrogens is 1. The van der Waals surface area contributed by atoms with Crippen molar-refractivity contribution >= 4 is 0 Å². The van der Waals surface area contributed by atoms with E-state index in [1.165, 1.54) is 0 Å². The summed E-state index contributed by atoms with van der Waals surface area (Å²) in [6.45, 7) is 3.91. The molecule has 0 N–H and O–H groups in total. The van der Waals surface area contributed by atoms with E-state index >= 15 is 0 Å². The molecule has 0 radical (unpaired) electrons. The highest BCUT2D eigenvalue weighted by atomic mass is 16.5. The maximum atomic E-state index is 5.70.